The Kier molecular flexibility index (Phi) is 4.66. The second-order valence-corrected chi connectivity index (χ2v) is 5.55. The lowest BCUT2D eigenvalue weighted by Crippen LogP contribution is -2.35. The van der Waals surface area contributed by atoms with Gasteiger partial charge in [0.15, 0.2) is 0 Å². The van der Waals surface area contributed by atoms with Crippen molar-refractivity contribution in [2.24, 2.45) is 5.92 Å². The predicted octanol–water partition coefficient (Wildman–Crippen LogP) is 2.73. The zero-order chi connectivity index (χ0) is 13.8. The summed E-state index contributed by atoms with van der Waals surface area (Å²) in [6.07, 6.45) is 2.18. The summed E-state index contributed by atoms with van der Waals surface area (Å²) < 4.78 is 0. The lowest BCUT2D eigenvalue weighted by Gasteiger charge is -2.32. The van der Waals surface area contributed by atoms with Gasteiger partial charge >= 0.3 is 5.97 Å². The van der Waals surface area contributed by atoms with E-state index >= 15 is 0 Å². The minimum atomic E-state index is -0.738. The fourth-order valence-corrected chi connectivity index (χ4v) is 2.82. The molecule has 2 N–H and O–H groups in total. The van der Waals surface area contributed by atoms with Crippen LogP contribution < -0.4 is 0 Å². The summed E-state index contributed by atoms with van der Waals surface area (Å²) in [7, 11) is 0. The molecule has 0 aromatic heterocycles. The van der Waals surface area contributed by atoms with Gasteiger partial charge in [-0.15, -0.1) is 0 Å². The largest absolute Gasteiger partial charge is 0.508 e. The van der Waals surface area contributed by atoms with Crippen molar-refractivity contribution in [2.45, 2.75) is 25.8 Å². The molecule has 1 aliphatic heterocycles. The Labute approximate surface area is 117 Å². The summed E-state index contributed by atoms with van der Waals surface area (Å²) in [5.74, 6) is -0.296. The van der Waals surface area contributed by atoms with Gasteiger partial charge in [0.1, 0.15) is 5.75 Å². The van der Waals surface area contributed by atoms with Crippen LogP contribution in [0.1, 0.15) is 24.8 Å². The first-order valence-corrected chi connectivity index (χ1v) is 6.84. The van der Waals surface area contributed by atoms with Crippen molar-refractivity contribution < 1.29 is 15.0 Å². The number of halogens is 1. The summed E-state index contributed by atoms with van der Waals surface area (Å²) >= 11 is 5.92. The zero-order valence-electron chi connectivity index (χ0n) is 10.7. The summed E-state index contributed by atoms with van der Waals surface area (Å²) in [6.45, 7) is 2.31. The molecule has 0 bridgehead atoms. The number of hydrogen-bond donors (Lipinski definition) is 2. The van der Waals surface area contributed by atoms with Gasteiger partial charge in [-0.05, 0) is 43.5 Å². The van der Waals surface area contributed by atoms with E-state index in [2.05, 4.69) is 4.90 Å². The van der Waals surface area contributed by atoms with Crippen molar-refractivity contribution >= 4 is 17.6 Å². The van der Waals surface area contributed by atoms with E-state index in [0.717, 1.165) is 31.5 Å². The molecular formula is C14H18ClNO3. The van der Waals surface area contributed by atoms with E-state index in [1.807, 2.05) is 0 Å². The minimum absolute atomic E-state index is 0.201. The molecule has 4 nitrogen and oxygen atoms in total. The van der Waals surface area contributed by atoms with E-state index in [0.29, 0.717) is 11.6 Å². The molecule has 104 valence electrons. The molecule has 0 amide bonds. The molecule has 1 aliphatic rings. The van der Waals surface area contributed by atoms with Gasteiger partial charge in [0.2, 0.25) is 0 Å². The van der Waals surface area contributed by atoms with Crippen LogP contribution in [0.5, 0.6) is 5.75 Å². The Morgan fingerprint density at radius 3 is 3.00 bits per heavy atom. The fraction of sp³-hybridized carbons (Fsp3) is 0.500. The van der Waals surface area contributed by atoms with E-state index < -0.39 is 5.97 Å². The van der Waals surface area contributed by atoms with Gasteiger partial charge in [0, 0.05) is 30.1 Å². The number of aromatic hydroxyl groups is 1. The molecular weight excluding hydrogens is 266 g/mol. The van der Waals surface area contributed by atoms with Gasteiger partial charge in [0.05, 0.1) is 0 Å². The Hall–Kier alpha value is -1.26. The van der Waals surface area contributed by atoms with Gasteiger partial charge in [-0.1, -0.05) is 11.6 Å². The lowest BCUT2D eigenvalue weighted by atomic mass is 9.94. The first-order valence-electron chi connectivity index (χ1n) is 6.46. The average Bonchev–Trinajstić information content (AvgIpc) is 2.33. The fourth-order valence-electron chi connectivity index (χ4n) is 2.63. The third-order valence-corrected chi connectivity index (χ3v) is 3.74. The molecule has 1 aromatic carbocycles. The number of likely N-dealkylation sites (tertiary alicyclic amines) is 1. The highest BCUT2D eigenvalue weighted by Gasteiger charge is 2.22. The van der Waals surface area contributed by atoms with Crippen molar-refractivity contribution in [3.8, 4) is 5.75 Å². The number of nitrogens with zero attached hydrogens (tertiary/aromatic N) is 1. The Morgan fingerprint density at radius 1 is 1.47 bits per heavy atom. The molecule has 2 rings (SSSR count). The maximum Gasteiger partial charge on any atom is 0.303 e. The second-order valence-electron chi connectivity index (χ2n) is 5.11. The number of rotatable bonds is 4. The number of phenolic OH excluding ortho intramolecular Hbond substituents is 1. The maximum absolute atomic E-state index is 10.8. The molecule has 1 saturated heterocycles. The maximum atomic E-state index is 10.8. The number of carbonyl (C=O) groups is 1. The van der Waals surface area contributed by atoms with E-state index in [-0.39, 0.29) is 18.1 Å². The standard InChI is InChI=1S/C14H18ClNO3/c15-12-3-4-13(17)11(7-12)9-16-5-1-2-10(8-16)6-14(18)19/h3-4,7,10,17H,1-2,5-6,8-9H2,(H,18,19). The number of benzene rings is 1. The smallest absolute Gasteiger partial charge is 0.303 e. The first-order chi connectivity index (χ1) is 9.04. The SMILES string of the molecule is O=C(O)CC1CCCN(Cc2cc(Cl)ccc2O)C1. The molecule has 1 heterocycles. The highest BCUT2D eigenvalue weighted by molar-refractivity contribution is 6.30. The lowest BCUT2D eigenvalue weighted by molar-refractivity contribution is -0.138. The van der Waals surface area contributed by atoms with E-state index in [1.54, 1.807) is 18.2 Å². The molecule has 1 fully saturated rings. The third kappa shape index (κ3) is 4.11. The number of phenols is 1. The Morgan fingerprint density at radius 2 is 2.26 bits per heavy atom. The van der Waals surface area contributed by atoms with Crippen LogP contribution in [0.4, 0.5) is 0 Å². The normalized spacial score (nSPS) is 20.4. The first kappa shape index (κ1) is 14.2. The van der Waals surface area contributed by atoms with Crippen LogP contribution in [0.3, 0.4) is 0 Å². The molecule has 5 heteroatoms. The van der Waals surface area contributed by atoms with E-state index in [4.69, 9.17) is 16.7 Å². The molecule has 1 unspecified atom stereocenters. The minimum Gasteiger partial charge on any atom is -0.508 e. The number of aliphatic carboxylic acids is 1. The highest BCUT2D eigenvalue weighted by Crippen LogP contribution is 2.26. The predicted molar refractivity (Wildman–Crippen MR) is 73.4 cm³/mol. The van der Waals surface area contributed by atoms with Crippen LogP contribution in [0.25, 0.3) is 0 Å². The molecule has 19 heavy (non-hydrogen) atoms. The van der Waals surface area contributed by atoms with Crippen molar-refractivity contribution in [1.29, 1.82) is 0 Å². The van der Waals surface area contributed by atoms with Crippen molar-refractivity contribution in [2.75, 3.05) is 13.1 Å². The number of hydrogen-bond acceptors (Lipinski definition) is 3. The topological polar surface area (TPSA) is 60.8 Å². The Bertz CT molecular complexity index is 464. The molecule has 1 aromatic rings. The van der Waals surface area contributed by atoms with Crippen LogP contribution in [0.15, 0.2) is 18.2 Å². The molecule has 0 spiro atoms. The monoisotopic (exact) mass is 283 g/mol. The Balaban J connectivity index is 1.98. The van der Waals surface area contributed by atoms with Gasteiger partial charge in [-0.2, -0.15) is 0 Å². The molecule has 0 saturated carbocycles. The molecule has 0 aliphatic carbocycles. The van der Waals surface area contributed by atoms with Crippen LogP contribution in [-0.4, -0.2) is 34.2 Å². The van der Waals surface area contributed by atoms with E-state index in [1.165, 1.54) is 0 Å². The van der Waals surface area contributed by atoms with Gasteiger partial charge in [-0.25, -0.2) is 0 Å². The number of piperidine rings is 1. The quantitative estimate of drug-likeness (QED) is 0.892. The summed E-state index contributed by atoms with van der Waals surface area (Å²) in [6, 6.07) is 5.01. The van der Waals surface area contributed by atoms with Crippen molar-refractivity contribution in [1.82, 2.24) is 4.90 Å². The number of carboxylic acids is 1. The van der Waals surface area contributed by atoms with Crippen LogP contribution in [0, 0.1) is 5.92 Å². The van der Waals surface area contributed by atoms with Crippen molar-refractivity contribution in [3.05, 3.63) is 28.8 Å². The molecule has 1 atom stereocenters. The number of carboxylic acid groups (broad SMARTS) is 1. The second kappa shape index (κ2) is 6.26. The highest BCUT2D eigenvalue weighted by atomic mass is 35.5. The average molecular weight is 284 g/mol. The van der Waals surface area contributed by atoms with Gasteiger partial charge < -0.3 is 10.2 Å². The van der Waals surface area contributed by atoms with E-state index in [9.17, 15) is 9.90 Å². The van der Waals surface area contributed by atoms with Crippen LogP contribution >= 0.6 is 11.6 Å². The third-order valence-electron chi connectivity index (χ3n) is 3.50. The van der Waals surface area contributed by atoms with Crippen LogP contribution in [-0.2, 0) is 11.3 Å². The summed E-state index contributed by atoms with van der Waals surface area (Å²) in [4.78, 5) is 12.9. The van der Waals surface area contributed by atoms with Gasteiger partial charge in [0.25, 0.3) is 0 Å². The summed E-state index contributed by atoms with van der Waals surface area (Å²) in [5.41, 5.74) is 0.795. The van der Waals surface area contributed by atoms with Crippen molar-refractivity contribution in [3.63, 3.8) is 0 Å². The van der Waals surface area contributed by atoms with Crippen LogP contribution in [0.2, 0.25) is 5.02 Å². The zero-order valence-corrected chi connectivity index (χ0v) is 11.4. The molecule has 0 radical (unpaired) electrons. The van der Waals surface area contributed by atoms with Gasteiger partial charge in [-0.3, -0.25) is 9.69 Å². The summed E-state index contributed by atoms with van der Waals surface area (Å²) in [5, 5.41) is 19.2.